The molecular weight excluding hydrogens is 348 g/mol. The van der Waals surface area contributed by atoms with Crippen molar-refractivity contribution in [2.75, 3.05) is 7.05 Å². The molecule has 0 spiro atoms. The minimum absolute atomic E-state index is 0.867. The highest BCUT2D eigenvalue weighted by molar-refractivity contribution is 7.36. The molecular formula is C19H12N4S2. The van der Waals surface area contributed by atoms with Crippen LogP contribution in [0.4, 0.5) is 5.69 Å². The first-order chi connectivity index (χ1) is 12.3. The zero-order chi connectivity index (χ0) is 17.0. The Kier molecular flexibility index (Phi) is 3.16. The monoisotopic (exact) mass is 360 g/mol. The summed E-state index contributed by atoms with van der Waals surface area (Å²) in [7, 11) is 1.77. The number of aliphatic imine (C=N–C) groups is 2. The zero-order valence-electron chi connectivity index (χ0n) is 13.4. The predicted octanol–water partition coefficient (Wildman–Crippen LogP) is 5.59. The van der Waals surface area contributed by atoms with E-state index in [1.54, 1.807) is 24.7 Å². The molecule has 120 valence electrons. The molecule has 3 aromatic heterocycles. The van der Waals surface area contributed by atoms with Gasteiger partial charge in [0.2, 0.25) is 0 Å². The van der Waals surface area contributed by atoms with E-state index in [0.29, 0.717) is 0 Å². The van der Waals surface area contributed by atoms with E-state index in [-0.39, 0.29) is 0 Å². The van der Waals surface area contributed by atoms with Gasteiger partial charge in [-0.2, -0.15) is 0 Å². The third-order valence-electron chi connectivity index (χ3n) is 4.29. The molecule has 0 aliphatic carbocycles. The summed E-state index contributed by atoms with van der Waals surface area (Å²) in [6, 6.07) is 8.62. The van der Waals surface area contributed by atoms with Crippen molar-refractivity contribution in [3.05, 3.63) is 42.4 Å². The van der Waals surface area contributed by atoms with Crippen LogP contribution in [-0.4, -0.2) is 29.9 Å². The van der Waals surface area contributed by atoms with Gasteiger partial charge in [-0.1, -0.05) is 0 Å². The fourth-order valence-electron chi connectivity index (χ4n) is 3.16. The Labute approximate surface area is 151 Å². The molecule has 0 amide bonds. The standard InChI is InChI=1S/C19H12N4S2/c1-20-7-11-4-16-13(5-14(11)21-2)19-18(24-16)12-3-10-8-22-9-23-15(10)6-17(12)25-19/h3-9H,2H2,1H3. The van der Waals surface area contributed by atoms with E-state index in [2.05, 4.69) is 50.9 Å². The molecule has 0 atom stereocenters. The first-order valence-corrected chi connectivity index (χ1v) is 9.33. The van der Waals surface area contributed by atoms with Crippen LogP contribution >= 0.6 is 22.7 Å². The lowest BCUT2D eigenvalue weighted by Gasteiger charge is -2.00. The molecule has 4 nitrogen and oxygen atoms in total. The Balaban J connectivity index is 1.91. The third-order valence-corrected chi connectivity index (χ3v) is 6.79. The number of nitrogens with zero attached hydrogens (tertiary/aromatic N) is 4. The van der Waals surface area contributed by atoms with Crippen molar-refractivity contribution in [2.45, 2.75) is 0 Å². The fourth-order valence-corrected chi connectivity index (χ4v) is 5.85. The Hall–Kier alpha value is -2.70. The molecule has 0 unspecified atom stereocenters. The highest BCUT2D eigenvalue weighted by Crippen LogP contribution is 2.46. The van der Waals surface area contributed by atoms with Gasteiger partial charge >= 0.3 is 0 Å². The van der Waals surface area contributed by atoms with Gasteiger partial charge in [0.1, 0.15) is 6.33 Å². The summed E-state index contributed by atoms with van der Waals surface area (Å²) in [5.41, 5.74) is 2.85. The van der Waals surface area contributed by atoms with Crippen LogP contribution in [0.15, 0.2) is 46.8 Å². The highest BCUT2D eigenvalue weighted by atomic mass is 32.1. The van der Waals surface area contributed by atoms with Gasteiger partial charge in [-0.25, -0.2) is 9.97 Å². The van der Waals surface area contributed by atoms with Crippen LogP contribution in [-0.2, 0) is 0 Å². The smallest absolute Gasteiger partial charge is 0.116 e. The molecule has 5 aromatic rings. The maximum atomic E-state index is 4.37. The van der Waals surface area contributed by atoms with E-state index in [9.17, 15) is 0 Å². The number of rotatable bonds is 2. The van der Waals surface area contributed by atoms with E-state index in [1.807, 2.05) is 23.7 Å². The fraction of sp³-hybridized carbons (Fsp3) is 0.0526. The van der Waals surface area contributed by atoms with Crippen LogP contribution in [0.3, 0.4) is 0 Å². The molecule has 0 saturated heterocycles. The third kappa shape index (κ3) is 2.11. The van der Waals surface area contributed by atoms with E-state index < -0.39 is 0 Å². The molecule has 0 N–H and O–H groups in total. The average molecular weight is 360 g/mol. The minimum Gasteiger partial charge on any atom is -0.296 e. The largest absolute Gasteiger partial charge is 0.296 e. The normalized spacial score (nSPS) is 12.2. The van der Waals surface area contributed by atoms with Gasteiger partial charge in [0, 0.05) is 50.6 Å². The molecule has 3 heterocycles. The lowest BCUT2D eigenvalue weighted by Crippen LogP contribution is -1.81. The Morgan fingerprint density at radius 3 is 2.56 bits per heavy atom. The summed E-state index contributed by atoms with van der Waals surface area (Å²) in [5.74, 6) is 0. The summed E-state index contributed by atoms with van der Waals surface area (Å²) in [5, 5.41) is 3.56. The van der Waals surface area contributed by atoms with Crippen molar-refractivity contribution >= 4 is 81.8 Å². The molecule has 6 heteroatoms. The second-order valence-electron chi connectivity index (χ2n) is 5.74. The SMILES string of the molecule is C=Nc1cc2c(cc1C=NC)sc1c3cc4cncnc4cc3sc21. The summed E-state index contributed by atoms with van der Waals surface area (Å²) >= 11 is 3.62. The van der Waals surface area contributed by atoms with Gasteiger partial charge in [0.25, 0.3) is 0 Å². The van der Waals surface area contributed by atoms with Crippen molar-refractivity contribution in [1.82, 2.24) is 9.97 Å². The second-order valence-corrected chi connectivity index (χ2v) is 7.85. The van der Waals surface area contributed by atoms with Crippen LogP contribution in [0, 0.1) is 0 Å². The molecule has 0 aliphatic heterocycles. The maximum absolute atomic E-state index is 4.37. The average Bonchev–Trinajstić information content (AvgIpc) is 3.15. The first kappa shape index (κ1) is 14.6. The highest BCUT2D eigenvalue weighted by Gasteiger charge is 2.15. The van der Waals surface area contributed by atoms with Crippen LogP contribution < -0.4 is 0 Å². The van der Waals surface area contributed by atoms with Crippen molar-refractivity contribution in [3.63, 3.8) is 0 Å². The summed E-state index contributed by atoms with van der Waals surface area (Å²) < 4.78 is 5.10. The lowest BCUT2D eigenvalue weighted by atomic mass is 10.1. The lowest BCUT2D eigenvalue weighted by molar-refractivity contribution is 1.22. The van der Waals surface area contributed by atoms with Crippen molar-refractivity contribution < 1.29 is 0 Å². The summed E-state index contributed by atoms with van der Waals surface area (Å²) in [6.07, 6.45) is 5.30. The van der Waals surface area contributed by atoms with E-state index >= 15 is 0 Å². The van der Waals surface area contributed by atoms with Crippen LogP contribution in [0.2, 0.25) is 0 Å². The molecule has 25 heavy (non-hydrogen) atoms. The van der Waals surface area contributed by atoms with Gasteiger partial charge in [-0.3, -0.25) is 9.98 Å². The molecule has 2 aromatic carbocycles. The number of hydrogen-bond donors (Lipinski definition) is 0. The van der Waals surface area contributed by atoms with Gasteiger partial charge < -0.3 is 0 Å². The van der Waals surface area contributed by atoms with Crippen molar-refractivity contribution in [3.8, 4) is 0 Å². The molecule has 0 aliphatic rings. The van der Waals surface area contributed by atoms with E-state index in [4.69, 9.17) is 0 Å². The second kappa shape index (κ2) is 5.40. The van der Waals surface area contributed by atoms with Crippen molar-refractivity contribution in [1.29, 1.82) is 0 Å². The van der Waals surface area contributed by atoms with Crippen LogP contribution in [0.5, 0.6) is 0 Å². The molecule has 0 fully saturated rings. The number of benzene rings is 2. The number of hydrogen-bond acceptors (Lipinski definition) is 6. The molecule has 0 radical (unpaired) electrons. The number of aromatic nitrogens is 2. The van der Waals surface area contributed by atoms with Gasteiger partial charge in [-0.05, 0) is 31.0 Å². The molecule has 0 bridgehead atoms. The Morgan fingerprint density at radius 1 is 1.04 bits per heavy atom. The minimum atomic E-state index is 0.867. The quantitative estimate of drug-likeness (QED) is 0.385. The van der Waals surface area contributed by atoms with Gasteiger partial charge in [-0.15, -0.1) is 22.7 Å². The van der Waals surface area contributed by atoms with Crippen molar-refractivity contribution in [2.24, 2.45) is 9.98 Å². The topological polar surface area (TPSA) is 50.5 Å². The molecule has 0 saturated carbocycles. The van der Waals surface area contributed by atoms with E-state index in [1.165, 1.54) is 29.6 Å². The Bertz CT molecular complexity index is 1330. The maximum Gasteiger partial charge on any atom is 0.116 e. The molecule has 5 rings (SSSR count). The van der Waals surface area contributed by atoms with Crippen LogP contribution in [0.1, 0.15) is 5.56 Å². The number of thiophene rings is 2. The van der Waals surface area contributed by atoms with Gasteiger partial charge in [0.15, 0.2) is 0 Å². The van der Waals surface area contributed by atoms with Crippen LogP contribution in [0.25, 0.3) is 40.5 Å². The summed E-state index contributed by atoms with van der Waals surface area (Å²) in [4.78, 5) is 16.8. The zero-order valence-corrected chi connectivity index (χ0v) is 15.0. The first-order valence-electron chi connectivity index (χ1n) is 7.70. The number of fused-ring (bicyclic) bond motifs is 6. The van der Waals surface area contributed by atoms with E-state index in [0.717, 1.165) is 22.2 Å². The summed E-state index contributed by atoms with van der Waals surface area (Å²) in [6.45, 7) is 3.70. The predicted molar refractivity (Wildman–Crippen MR) is 111 cm³/mol. The van der Waals surface area contributed by atoms with Gasteiger partial charge in [0.05, 0.1) is 20.6 Å². The Morgan fingerprint density at radius 2 is 1.80 bits per heavy atom.